The van der Waals surface area contributed by atoms with E-state index in [9.17, 15) is 14.5 Å². The molecule has 13 heteroatoms. The second kappa shape index (κ2) is 9.71. The third-order valence-corrected chi connectivity index (χ3v) is 5.18. The van der Waals surface area contributed by atoms with E-state index in [0.29, 0.717) is 30.3 Å². The lowest BCUT2D eigenvalue weighted by atomic mass is 10.1. The van der Waals surface area contributed by atoms with Crippen molar-refractivity contribution in [1.82, 2.24) is 19.7 Å². The van der Waals surface area contributed by atoms with Gasteiger partial charge in [-0.05, 0) is 31.9 Å². The fourth-order valence-corrected chi connectivity index (χ4v) is 3.44. The minimum Gasteiger partial charge on any atom is -0.472 e. The van der Waals surface area contributed by atoms with Crippen LogP contribution in [0.5, 0.6) is 5.88 Å². The summed E-state index contributed by atoms with van der Waals surface area (Å²) in [6.07, 6.45) is 0.932. The SMILES string of the molecule is Cc1c([N+](=O)[O-])c(OCCC(C)Nc2nc(Cl)ncc2Cl)nn1C1CCOCC1F. The van der Waals surface area contributed by atoms with Crippen LogP contribution >= 0.6 is 23.2 Å². The fraction of sp³-hybridized carbons (Fsp3) is 0.588. The molecule has 1 saturated heterocycles. The number of hydrogen-bond donors (Lipinski definition) is 1. The lowest BCUT2D eigenvalue weighted by Gasteiger charge is -2.26. The quantitative estimate of drug-likeness (QED) is 0.357. The molecule has 0 amide bonds. The van der Waals surface area contributed by atoms with E-state index in [1.165, 1.54) is 17.8 Å². The maximum atomic E-state index is 14.2. The summed E-state index contributed by atoms with van der Waals surface area (Å²) in [6, 6.07) is -0.763. The molecular formula is C17H21Cl2FN6O4. The summed E-state index contributed by atoms with van der Waals surface area (Å²) in [5.74, 6) is 0.246. The van der Waals surface area contributed by atoms with E-state index < -0.39 is 17.1 Å². The van der Waals surface area contributed by atoms with Gasteiger partial charge in [-0.1, -0.05) is 11.6 Å². The maximum absolute atomic E-state index is 14.2. The standard InChI is InChI=1S/C17H21Cl2FN6O4/c1-9(22-15-11(18)7-21-17(19)23-15)3-6-30-16-14(26(27)28)10(2)25(24-16)13-4-5-29-8-12(13)20/h7,9,12-13H,3-6,8H2,1-2H3,(H,21,22,23). The number of alkyl halides is 1. The Bertz CT molecular complexity index is 915. The van der Waals surface area contributed by atoms with Gasteiger partial charge in [0.25, 0.3) is 0 Å². The molecule has 1 aliphatic rings. The topological polar surface area (TPSA) is 117 Å². The number of rotatable bonds is 8. The Morgan fingerprint density at radius 3 is 3.00 bits per heavy atom. The summed E-state index contributed by atoms with van der Waals surface area (Å²) >= 11 is 11.8. The zero-order valence-corrected chi connectivity index (χ0v) is 17.9. The molecule has 3 heterocycles. The highest BCUT2D eigenvalue weighted by molar-refractivity contribution is 6.33. The first kappa shape index (κ1) is 22.4. The van der Waals surface area contributed by atoms with Crippen LogP contribution in [-0.4, -0.2) is 56.7 Å². The fourth-order valence-electron chi connectivity index (χ4n) is 3.17. The number of nitro groups is 1. The molecule has 1 fully saturated rings. The van der Waals surface area contributed by atoms with Gasteiger partial charge in [0.1, 0.15) is 22.7 Å². The normalized spacial score (nSPS) is 20.0. The predicted octanol–water partition coefficient (Wildman–Crippen LogP) is 3.77. The maximum Gasteiger partial charge on any atom is 0.352 e. The van der Waals surface area contributed by atoms with Gasteiger partial charge in [0, 0.05) is 19.1 Å². The first-order valence-corrected chi connectivity index (χ1v) is 10.1. The molecule has 0 spiro atoms. The Kier molecular flexibility index (Phi) is 7.27. The first-order chi connectivity index (χ1) is 14.3. The highest BCUT2D eigenvalue weighted by Gasteiger charge is 2.34. The number of nitrogens with one attached hydrogen (secondary N) is 1. The summed E-state index contributed by atoms with van der Waals surface area (Å²) in [7, 11) is 0. The minimum absolute atomic E-state index is 0.0567. The zero-order chi connectivity index (χ0) is 21.8. The predicted molar refractivity (Wildman–Crippen MR) is 108 cm³/mol. The molecule has 1 N–H and O–H groups in total. The van der Waals surface area contributed by atoms with E-state index in [1.54, 1.807) is 0 Å². The highest BCUT2D eigenvalue weighted by Crippen LogP contribution is 2.35. The van der Waals surface area contributed by atoms with Gasteiger partial charge < -0.3 is 14.8 Å². The monoisotopic (exact) mass is 462 g/mol. The molecule has 0 radical (unpaired) electrons. The van der Waals surface area contributed by atoms with Gasteiger partial charge in [-0.2, -0.15) is 4.98 Å². The van der Waals surface area contributed by atoms with Crippen LogP contribution in [0, 0.1) is 17.0 Å². The number of hydrogen-bond acceptors (Lipinski definition) is 8. The van der Waals surface area contributed by atoms with Crippen LogP contribution in [0.15, 0.2) is 6.20 Å². The summed E-state index contributed by atoms with van der Waals surface area (Å²) in [5, 5.41) is 19.2. The van der Waals surface area contributed by atoms with E-state index in [4.69, 9.17) is 32.7 Å². The Hall–Kier alpha value is -2.24. The Labute approximate surface area is 181 Å². The van der Waals surface area contributed by atoms with E-state index >= 15 is 0 Å². The highest BCUT2D eigenvalue weighted by atomic mass is 35.5. The van der Waals surface area contributed by atoms with E-state index in [2.05, 4.69) is 20.4 Å². The summed E-state index contributed by atoms with van der Waals surface area (Å²) in [6.45, 7) is 3.84. The summed E-state index contributed by atoms with van der Waals surface area (Å²) < 4.78 is 26.3. The van der Waals surface area contributed by atoms with Gasteiger partial charge in [0.15, 0.2) is 0 Å². The molecule has 3 unspecified atom stereocenters. The smallest absolute Gasteiger partial charge is 0.352 e. The number of halogens is 3. The first-order valence-electron chi connectivity index (χ1n) is 9.30. The average Bonchev–Trinajstić information content (AvgIpc) is 3.01. The third-order valence-electron chi connectivity index (χ3n) is 4.72. The largest absolute Gasteiger partial charge is 0.472 e. The summed E-state index contributed by atoms with van der Waals surface area (Å²) in [5.41, 5.74) is -0.0157. The molecular weight excluding hydrogens is 442 g/mol. The van der Waals surface area contributed by atoms with Crippen molar-refractivity contribution < 1.29 is 18.8 Å². The Morgan fingerprint density at radius 1 is 1.53 bits per heavy atom. The van der Waals surface area contributed by atoms with Crippen molar-refractivity contribution in [2.75, 3.05) is 25.1 Å². The molecule has 0 aromatic carbocycles. The lowest BCUT2D eigenvalue weighted by molar-refractivity contribution is -0.386. The van der Waals surface area contributed by atoms with Gasteiger partial charge >= 0.3 is 11.6 Å². The second-order valence-corrected chi connectivity index (χ2v) is 7.65. The average molecular weight is 463 g/mol. The van der Waals surface area contributed by atoms with Crippen molar-refractivity contribution in [3.63, 3.8) is 0 Å². The molecule has 3 atom stereocenters. The Balaban J connectivity index is 1.66. The molecule has 0 saturated carbocycles. The van der Waals surface area contributed by atoms with Crippen LogP contribution in [0.3, 0.4) is 0 Å². The number of aromatic nitrogens is 4. The van der Waals surface area contributed by atoms with Crippen molar-refractivity contribution in [3.05, 3.63) is 32.3 Å². The van der Waals surface area contributed by atoms with Crippen molar-refractivity contribution in [2.24, 2.45) is 0 Å². The minimum atomic E-state index is -1.29. The van der Waals surface area contributed by atoms with Crippen molar-refractivity contribution in [2.45, 2.75) is 44.9 Å². The van der Waals surface area contributed by atoms with Crippen LogP contribution in [0.25, 0.3) is 0 Å². The van der Waals surface area contributed by atoms with Crippen LogP contribution in [0.1, 0.15) is 31.5 Å². The molecule has 164 valence electrons. The molecule has 1 aliphatic heterocycles. The number of nitrogens with zero attached hydrogens (tertiary/aromatic N) is 5. The van der Waals surface area contributed by atoms with Gasteiger partial charge in [-0.15, -0.1) is 5.10 Å². The van der Waals surface area contributed by atoms with E-state index in [-0.39, 0.29) is 41.8 Å². The van der Waals surface area contributed by atoms with Crippen molar-refractivity contribution >= 4 is 34.7 Å². The molecule has 30 heavy (non-hydrogen) atoms. The summed E-state index contributed by atoms with van der Waals surface area (Å²) in [4.78, 5) is 18.8. The molecule has 0 aliphatic carbocycles. The van der Waals surface area contributed by atoms with Crippen molar-refractivity contribution in [3.8, 4) is 5.88 Å². The molecule has 3 rings (SSSR count). The van der Waals surface area contributed by atoms with E-state index in [0.717, 1.165) is 0 Å². The third kappa shape index (κ3) is 5.08. The van der Waals surface area contributed by atoms with Crippen LogP contribution in [0.2, 0.25) is 10.3 Å². The molecule has 2 aromatic heterocycles. The molecule has 0 bridgehead atoms. The zero-order valence-electron chi connectivity index (χ0n) is 16.3. The lowest BCUT2D eigenvalue weighted by Crippen LogP contribution is -2.32. The molecule has 2 aromatic rings. The number of anilines is 1. The van der Waals surface area contributed by atoms with Gasteiger partial charge in [0.2, 0.25) is 5.28 Å². The van der Waals surface area contributed by atoms with Gasteiger partial charge in [-0.3, -0.25) is 14.8 Å². The van der Waals surface area contributed by atoms with Gasteiger partial charge in [0.05, 0.1) is 30.4 Å². The molecule has 10 nitrogen and oxygen atoms in total. The number of ether oxygens (including phenoxy) is 2. The van der Waals surface area contributed by atoms with Crippen LogP contribution in [-0.2, 0) is 4.74 Å². The van der Waals surface area contributed by atoms with Crippen LogP contribution < -0.4 is 10.1 Å². The Morgan fingerprint density at radius 2 is 2.30 bits per heavy atom. The van der Waals surface area contributed by atoms with E-state index in [1.807, 2.05) is 6.92 Å². The van der Waals surface area contributed by atoms with Gasteiger partial charge in [-0.25, -0.2) is 9.37 Å². The van der Waals surface area contributed by atoms with Crippen molar-refractivity contribution in [1.29, 1.82) is 0 Å². The van der Waals surface area contributed by atoms with Crippen LogP contribution in [0.4, 0.5) is 15.9 Å². The second-order valence-electron chi connectivity index (χ2n) is 6.91.